The summed E-state index contributed by atoms with van der Waals surface area (Å²) < 4.78 is 0. The lowest BCUT2D eigenvalue weighted by atomic mass is 10.1. The molecule has 0 aliphatic heterocycles. The smallest absolute Gasteiger partial charge is 0.321 e. The van der Waals surface area contributed by atoms with Crippen molar-refractivity contribution in [1.82, 2.24) is 5.32 Å². The van der Waals surface area contributed by atoms with E-state index < -0.39 is 5.97 Å². The molecule has 0 aromatic heterocycles. The van der Waals surface area contributed by atoms with Crippen LogP contribution in [0.3, 0.4) is 0 Å². The highest BCUT2D eigenvalue weighted by Gasteiger charge is 2.34. The average molecular weight is 276 g/mol. The third-order valence-electron chi connectivity index (χ3n) is 3.59. The summed E-state index contributed by atoms with van der Waals surface area (Å²) in [7, 11) is 1.69. The van der Waals surface area contributed by atoms with E-state index in [0.717, 1.165) is 24.1 Å². The molecule has 1 aliphatic rings. The van der Waals surface area contributed by atoms with Crippen molar-refractivity contribution in [1.29, 1.82) is 0 Å². The quantitative estimate of drug-likeness (QED) is 0.867. The van der Waals surface area contributed by atoms with Gasteiger partial charge in [0.1, 0.15) is 0 Å². The number of urea groups is 1. The van der Waals surface area contributed by atoms with Crippen molar-refractivity contribution in [2.75, 3.05) is 11.9 Å². The van der Waals surface area contributed by atoms with E-state index in [2.05, 4.69) is 5.32 Å². The fraction of sp³-hybridized carbons (Fsp3) is 0.467. The van der Waals surface area contributed by atoms with Crippen LogP contribution in [0.15, 0.2) is 24.3 Å². The Morgan fingerprint density at radius 2 is 2.15 bits per heavy atom. The highest BCUT2D eigenvalue weighted by Crippen LogP contribution is 2.34. The van der Waals surface area contributed by atoms with Crippen molar-refractivity contribution in [3.63, 3.8) is 0 Å². The minimum atomic E-state index is -0.875. The number of anilines is 1. The summed E-state index contributed by atoms with van der Waals surface area (Å²) in [6.45, 7) is 1.96. The van der Waals surface area contributed by atoms with Crippen LogP contribution in [-0.2, 0) is 4.79 Å². The highest BCUT2D eigenvalue weighted by atomic mass is 16.4. The lowest BCUT2D eigenvalue weighted by Crippen LogP contribution is -2.45. The van der Waals surface area contributed by atoms with Crippen LogP contribution < -0.4 is 10.2 Å². The molecule has 1 saturated carbocycles. The first-order valence-electron chi connectivity index (χ1n) is 6.80. The Kier molecular flexibility index (Phi) is 4.27. The Hall–Kier alpha value is -2.04. The fourth-order valence-corrected chi connectivity index (χ4v) is 2.23. The lowest BCUT2D eigenvalue weighted by Gasteiger charge is -2.23. The Bertz CT molecular complexity index is 512. The number of benzene rings is 1. The standard InChI is InChI=1S/C15H20N2O3/c1-10-4-3-5-12(8-10)17(2)15(20)16-13(9-14(18)19)11-6-7-11/h3-5,8,11,13H,6-7,9H2,1-2H3,(H,16,20)(H,18,19). The summed E-state index contributed by atoms with van der Waals surface area (Å²) >= 11 is 0. The van der Waals surface area contributed by atoms with Crippen LogP contribution in [0, 0.1) is 12.8 Å². The SMILES string of the molecule is Cc1cccc(N(C)C(=O)NC(CC(=O)O)C2CC2)c1. The van der Waals surface area contributed by atoms with Crippen molar-refractivity contribution in [3.05, 3.63) is 29.8 Å². The molecule has 5 heteroatoms. The van der Waals surface area contributed by atoms with Crippen molar-refractivity contribution >= 4 is 17.7 Å². The van der Waals surface area contributed by atoms with E-state index in [9.17, 15) is 9.59 Å². The largest absolute Gasteiger partial charge is 0.481 e. The first-order valence-corrected chi connectivity index (χ1v) is 6.80. The van der Waals surface area contributed by atoms with Crippen LogP contribution in [0.4, 0.5) is 10.5 Å². The predicted molar refractivity (Wildman–Crippen MR) is 76.9 cm³/mol. The molecular formula is C15H20N2O3. The number of nitrogens with zero attached hydrogens (tertiary/aromatic N) is 1. The molecule has 2 rings (SSSR count). The summed E-state index contributed by atoms with van der Waals surface area (Å²) in [6, 6.07) is 7.11. The molecule has 0 spiro atoms. The minimum Gasteiger partial charge on any atom is -0.481 e. The van der Waals surface area contributed by atoms with E-state index in [4.69, 9.17) is 5.11 Å². The molecular weight excluding hydrogens is 256 g/mol. The maximum atomic E-state index is 12.2. The zero-order valence-corrected chi connectivity index (χ0v) is 11.8. The van der Waals surface area contributed by atoms with Gasteiger partial charge in [0.05, 0.1) is 6.42 Å². The summed E-state index contributed by atoms with van der Waals surface area (Å²) in [5, 5.41) is 11.7. The van der Waals surface area contributed by atoms with Gasteiger partial charge in [-0.15, -0.1) is 0 Å². The van der Waals surface area contributed by atoms with Crippen LogP contribution in [-0.4, -0.2) is 30.2 Å². The molecule has 1 aromatic carbocycles. The number of carboxylic acids is 1. The van der Waals surface area contributed by atoms with Gasteiger partial charge in [-0.2, -0.15) is 0 Å². The number of amides is 2. The normalized spacial score (nSPS) is 15.5. The van der Waals surface area contributed by atoms with Crippen molar-refractivity contribution in [2.45, 2.75) is 32.2 Å². The second kappa shape index (κ2) is 5.94. The molecule has 0 saturated heterocycles. The van der Waals surface area contributed by atoms with Gasteiger partial charge >= 0.3 is 12.0 Å². The van der Waals surface area contributed by atoms with Gasteiger partial charge in [-0.3, -0.25) is 9.69 Å². The molecule has 5 nitrogen and oxygen atoms in total. The molecule has 2 N–H and O–H groups in total. The van der Waals surface area contributed by atoms with E-state index in [1.807, 2.05) is 31.2 Å². The Balaban J connectivity index is 2.00. The van der Waals surface area contributed by atoms with Gasteiger partial charge in [-0.25, -0.2) is 4.79 Å². The van der Waals surface area contributed by atoms with Gasteiger partial charge in [0.2, 0.25) is 0 Å². The van der Waals surface area contributed by atoms with Gasteiger partial charge in [-0.05, 0) is 43.4 Å². The highest BCUT2D eigenvalue weighted by molar-refractivity contribution is 5.92. The fourth-order valence-electron chi connectivity index (χ4n) is 2.23. The maximum Gasteiger partial charge on any atom is 0.321 e. The summed E-state index contributed by atoms with van der Waals surface area (Å²) in [5.74, 6) is -0.568. The molecule has 1 unspecified atom stereocenters. The molecule has 108 valence electrons. The van der Waals surface area contributed by atoms with E-state index in [0.29, 0.717) is 5.92 Å². The molecule has 1 atom stereocenters. The third-order valence-corrected chi connectivity index (χ3v) is 3.59. The zero-order valence-electron chi connectivity index (χ0n) is 11.8. The van der Waals surface area contributed by atoms with Crippen molar-refractivity contribution in [2.24, 2.45) is 5.92 Å². The first kappa shape index (κ1) is 14.4. The molecule has 0 heterocycles. The van der Waals surface area contributed by atoms with Gasteiger partial charge in [0.25, 0.3) is 0 Å². The van der Waals surface area contributed by atoms with Crippen molar-refractivity contribution in [3.8, 4) is 0 Å². The van der Waals surface area contributed by atoms with E-state index in [1.54, 1.807) is 7.05 Å². The van der Waals surface area contributed by atoms with Crippen LogP contribution in [0.1, 0.15) is 24.8 Å². The Morgan fingerprint density at radius 3 is 2.70 bits per heavy atom. The number of aliphatic carboxylic acids is 1. The van der Waals surface area contributed by atoms with Gasteiger partial charge in [-0.1, -0.05) is 12.1 Å². The predicted octanol–water partition coefficient (Wildman–Crippen LogP) is 2.39. The van der Waals surface area contributed by atoms with Crippen LogP contribution in [0.25, 0.3) is 0 Å². The van der Waals surface area contributed by atoms with E-state index in [1.165, 1.54) is 4.90 Å². The monoisotopic (exact) mass is 276 g/mol. The van der Waals surface area contributed by atoms with Gasteiger partial charge in [0.15, 0.2) is 0 Å². The molecule has 0 radical (unpaired) electrons. The summed E-state index contributed by atoms with van der Waals surface area (Å²) in [6.07, 6.45) is 1.97. The molecule has 1 aromatic rings. The molecule has 20 heavy (non-hydrogen) atoms. The molecule has 0 bridgehead atoms. The van der Waals surface area contributed by atoms with E-state index in [-0.39, 0.29) is 18.5 Å². The topological polar surface area (TPSA) is 69.6 Å². The molecule has 1 aliphatic carbocycles. The second-order valence-electron chi connectivity index (χ2n) is 5.39. The number of rotatable bonds is 5. The number of nitrogens with one attached hydrogen (secondary N) is 1. The Labute approximate surface area is 118 Å². The third kappa shape index (κ3) is 3.73. The van der Waals surface area contributed by atoms with Crippen LogP contribution in [0.2, 0.25) is 0 Å². The van der Waals surface area contributed by atoms with Crippen LogP contribution >= 0.6 is 0 Å². The lowest BCUT2D eigenvalue weighted by molar-refractivity contribution is -0.137. The van der Waals surface area contributed by atoms with Crippen LogP contribution in [0.5, 0.6) is 0 Å². The Morgan fingerprint density at radius 1 is 1.45 bits per heavy atom. The maximum absolute atomic E-state index is 12.2. The number of carbonyl (C=O) groups excluding carboxylic acids is 1. The number of aryl methyl sites for hydroxylation is 1. The summed E-state index contributed by atoms with van der Waals surface area (Å²) in [4.78, 5) is 24.6. The first-order chi connectivity index (χ1) is 9.47. The zero-order chi connectivity index (χ0) is 14.7. The number of hydrogen-bond acceptors (Lipinski definition) is 2. The number of hydrogen-bond donors (Lipinski definition) is 2. The van der Waals surface area contributed by atoms with Gasteiger partial charge < -0.3 is 10.4 Å². The number of carbonyl (C=O) groups is 2. The van der Waals surface area contributed by atoms with Crippen molar-refractivity contribution < 1.29 is 14.7 Å². The average Bonchev–Trinajstić information content (AvgIpc) is 3.20. The van der Waals surface area contributed by atoms with Gasteiger partial charge in [0, 0.05) is 18.8 Å². The summed E-state index contributed by atoms with van der Waals surface area (Å²) in [5.41, 5.74) is 1.87. The second-order valence-corrected chi connectivity index (χ2v) is 5.39. The van der Waals surface area contributed by atoms with E-state index >= 15 is 0 Å². The molecule has 1 fully saturated rings. The minimum absolute atomic E-state index is 0.0158. The number of carboxylic acid groups (broad SMARTS) is 1. The molecule has 2 amide bonds.